The Morgan fingerprint density at radius 3 is 2.62 bits per heavy atom. The molecular weight excluding hydrogens is 404 g/mol. The second-order valence-electron chi connectivity index (χ2n) is 9.52. The van der Waals surface area contributed by atoms with Gasteiger partial charge in [-0.3, -0.25) is 19.4 Å². The molecule has 2 fully saturated rings. The lowest BCUT2D eigenvalue weighted by Gasteiger charge is -2.45. The SMILES string of the molecule is CC(=O)N[C@@]12CN(CC(=O)Nc3ccnn3C(C)C)CC[C@@H]1[C@@H](c1ccccc1)N(C)C2. The van der Waals surface area contributed by atoms with Crippen molar-refractivity contribution in [2.75, 3.05) is 38.5 Å². The molecule has 0 bridgehead atoms. The van der Waals surface area contributed by atoms with Gasteiger partial charge in [-0.25, -0.2) is 4.68 Å². The standard InChI is InChI=1S/C24H34N6O2/c1-17(2)30-21(10-12-25-30)26-22(32)14-29-13-11-20-23(19-8-6-5-7-9-19)28(4)15-24(20,16-29)27-18(3)31/h5-10,12,17,20,23H,11,13-16H2,1-4H3,(H,26,32)(H,27,31)/t20-,23-,24+/m1/s1. The van der Waals surface area contributed by atoms with E-state index in [9.17, 15) is 9.59 Å². The number of nitrogens with one attached hydrogen (secondary N) is 2. The van der Waals surface area contributed by atoms with Crippen molar-refractivity contribution in [3.63, 3.8) is 0 Å². The number of aromatic nitrogens is 2. The number of fused-ring (bicyclic) bond motifs is 1. The zero-order valence-corrected chi connectivity index (χ0v) is 19.4. The third-order valence-corrected chi connectivity index (χ3v) is 6.72. The van der Waals surface area contributed by atoms with Crippen molar-refractivity contribution < 1.29 is 9.59 Å². The van der Waals surface area contributed by atoms with Gasteiger partial charge >= 0.3 is 0 Å². The van der Waals surface area contributed by atoms with Crippen LogP contribution in [0.4, 0.5) is 5.82 Å². The summed E-state index contributed by atoms with van der Waals surface area (Å²) in [5.74, 6) is 0.917. The number of likely N-dealkylation sites (N-methyl/N-ethyl adjacent to an activating group) is 1. The molecule has 8 nitrogen and oxygen atoms in total. The largest absolute Gasteiger partial charge is 0.348 e. The Labute approximate surface area is 190 Å². The lowest BCUT2D eigenvalue weighted by atomic mass is 9.75. The second kappa shape index (κ2) is 9.03. The van der Waals surface area contributed by atoms with Crippen LogP contribution in [0, 0.1) is 5.92 Å². The van der Waals surface area contributed by atoms with Crippen LogP contribution in [0.2, 0.25) is 0 Å². The first-order chi connectivity index (χ1) is 15.3. The van der Waals surface area contributed by atoms with Crippen LogP contribution >= 0.6 is 0 Å². The Balaban J connectivity index is 1.49. The fourth-order valence-corrected chi connectivity index (χ4v) is 5.68. The van der Waals surface area contributed by atoms with E-state index in [0.717, 1.165) is 19.5 Å². The zero-order valence-electron chi connectivity index (χ0n) is 19.4. The van der Waals surface area contributed by atoms with Crippen molar-refractivity contribution in [1.29, 1.82) is 0 Å². The van der Waals surface area contributed by atoms with E-state index in [2.05, 4.69) is 56.8 Å². The third-order valence-electron chi connectivity index (χ3n) is 6.72. The molecule has 4 rings (SSSR count). The molecule has 2 N–H and O–H groups in total. The van der Waals surface area contributed by atoms with Crippen molar-refractivity contribution >= 4 is 17.6 Å². The number of rotatable bonds is 6. The van der Waals surface area contributed by atoms with E-state index in [1.807, 2.05) is 26.0 Å². The van der Waals surface area contributed by atoms with Crippen molar-refractivity contribution in [2.24, 2.45) is 5.92 Å². The summed E-state index contributed by atoms with van der Waals surface area (Å²) >= 11 is 0. The quantitative estimate of drug-likeness (QED) is 0.723. The topological polar surface area (TPSA) is 82.5 Å². The minimum Gasteiger partial charge on any atom is -0.348 e. The van der Waals surface area contributed by atoms with Gasteiger partial charge < -0.3 is 10.6 Å². The maximum absolute atomic E-state index is 12.8. The Morgan fingerprint density at radius 2 is 1.94 bits per heavy atom. The fraction of sp³-hybridized carbons (Fsp3) is 0.542. The summed E-state index contributed by atoms with van der Waals surface area (Å²) in [7, 11) is 2.13. The molecule has 2 aliphatic heterocycles. The van der Waals surface area contributed by atoms with Crippen LogP contribution in [0.5, 0.6) is 0 Å². The maximum atomic E-state index is 12.8. The van der Waals surface area contributed by atoms with Crippen LogP contribution in [0.15, 0.2) is 42.6 Å². The van der Waals surface area contributed by atoms with E-state index >= 15 is 0 Å². The van der Waals surface area contributed by atoms with E-state index in [4.69, 9.17) is 0 Å². The minimum atomic E-state index is -0.376. The highest BCUT2D eigenvalue weighted by Crippen LogP contribution is 2.46. The first-order valence-electron chi connectivity index (χ1n) is 11.4. The molecule has 1 aromatic carbocycles. The highest BCUT2D eigenvalue weighted by atomic mass is 16.2. The molecule has 2 saturated heterocycles. The molecule has 0 radical (unpaired) electrons. The Kier molecular flexibility index (Phi) is 6.35. The molecule has 0 saturated carbocycles. The summed E-state index contributed by atoms with van der Waals surface area (Å²) in [6, 6.07) is 12.8. The Morgan fingerprint density at radius 1 is 1.19 bits per heavy atom. The number of anilines is 1. The van der Waals surface area contributed by atoms with E-state index in [1.54, 1.807) is 17.8 Å². The molecule has 3 atom stereocenters. The number of benzene rings is 1. The van der Waals surface area contributed by atoms with Gasteiger partial charge in [-0.05, 0) is 39.4 Å². The number of nitrogens with zero attached hydrogens (tertiary/aromatic N) is 4. The molecule has 8 heteroatoms. The smallest absolute Gasteiger partial charge is 0.239 e. The molecule has 0 unspecified atom stereocenters. The van der Waals surface area contributed by atoms with Gasteiger partial charge in [0.2, 0.25) is 11.8 Å². The number of amides is 2. The van der Waals surface area contributed by atoms with Crippen LogP contribution in [0.3, 0.4) is 0 Å². The van der Waals surface area contributed by atoms with Crippen molar-refractivity contribution in [1.82, 2.24) is 24.9 Å². The summed E-state index contributed by atoms with van der Waals surface area (Å²) in [6.45, 7) is 8.17. The molecule has 2 amide bonds. The monoisotopic (exact) mass is 438 g/mol. The number of carbonyl (C=O) groups excluding carboxylic acids is 2. The summed E-state index contributed by atoms with van der Waals surface area (Å²) in [5, 5.41) is 10.6. The molecule has 0 spiro atoms. The van der Waals surface area contributed by atoms with Crippen LogP contribution in [-0.4, -0.2) is 70.2 Å². The van der Waals surface area contributed by atoms with Gasteiger partial charge in [-0.1, -0.05) is 30.3 Å². The number of piperidine rings is 1. The van der Waals surface area contributed by atoms with Gasteiger partial charge in [-0.15, -0.1) is 0 Å². The van der Waals surface area contributed by atoms with E-state index in [0.29, 0.717) is 18.3 Å². The van der Waals surface area contributed by atoms with E-state index in [1.165, 1.54) is 5.56 Å². The van der Waals surface area contributed by atoms with Crippen LogP contribution in [0.1, 0.15) is 44.8 Å². The first-order valence-corrected chi connectivity index (χ1v) is 11.4. The van der Waals surface area contributed by atoms with Crippen molar-refractivity contribution in [3.8, 4) is 0 Å². The van der Waals surface area contributed by atoms with Gasteiger partial charge in [-0.2, -0.15) is 5.10 Å². The average molecular weight is 439 g/mol. The van der Waals surface area contributed by atoms with Crippen LogP contribution in [-0.2, 0) is 9.59 Å². The van der Waals surface area contributed by atoms with Gasteiger partial charge in [0.05, 0.1) is 18.3 Å². The van der Waals surface area contributed by atoms with Gasteiger partial charge in [0.25, 0.3) is 0 Å². The second-order valence-corrected chi connectivity index (χ2v) is 9.52. The normalized spacial score (nSPS) is 26.2. The average Bonchev–Trinajstić information content (AvgIpc) is 3.29. The summed E-state index contributed by atoms with van der Waals surface area (Å²) in [4.78, 5) is 29.5. The number of hydrogen-bond acceptors (Lipinski definition) is 5. The lowest BCUT2D eigenvalue weighted by Crippen LogP contribution is -2.64. The fourth-order valence-electron chi connectivity index (χ4n) is 5.68. The minimum absolute atomic E-state index is 0.0238. The number of hydrogen-bond donors (Lipinski definition) is 2. The Bertz CT molecular complexity index is 958. The van der Waals surface area contributed by atoms with Crippen molar-refractivity contribution in [3.05, 3.63) is 48.2 Å². The number of carbonyl (C=O) groups is 2. The molecular formula is C24H34N6O2. The van der Waals surface area contributed by atoms with Gasteiger partial charge in [0.15, 0.2) is 0 Å². The third kappa shape index (κ3) is 4.42. The van der Waals surface area contributed by atoms with Gasteiger partial charge in [0, 0.05) is 44.1 Å². The molecule has 2 aliphatic rings. The summed E-state index contributed by atoms with van der Waals surface area (Å²) < 4.78 is 1.80. The van der Waals surface area contributed by atoms with Crippen LogP contribution in [0.25, 0.3) is 0 Å². The van der Waals surface area contributed by atoms with Gasteiger partial charge in [0.1, 0.15) is 5.82 Å². The molecule has 3 heterocycles. The highest BCUT2D eigenvalue weighted by molar-refractivity contribution is 5.91. The molecule has 2 aromatic rings. The van der Waals surface area contributed by atoms with E-state index < -0.39 is 0 Å². The predicted octanol–water partition coefficient (Wildman–Crippen LogP) is 2.29. The molecule has 0 aliphatic carbocycles. The summed E-state index contributed by atoms with van der Waals surface area (Å²) in [6.07, 6.45) is 2.62. The summed E-state index contributed by atoms with van der Waals surface area (Å²) in [5.41, 5.74) is 0.902. The molecule has 1 aromatic heterocycles. The van der Waals surface area contributed by atoms with Crippen molar-refractivity contribution in [2.45, 2.75) is 44.8 Å². The first kappa shape index (κ1) is 22.5. The number of likely N-dealkylation sites (tertiary alicyclic amines) is 2. The molecule has 32 heavy (non-hydrogen) atoms. The van der Waals surface area contributed by atoms with Crippen LogP contribution < -0.4 is 10.6 Å². The highest BCUT2D eigenvalue weighted by Gasteiger charge is 2.54. The predicted molar refractivity (Wildman–Crippen MR) is 124 cm³/mol. The lowest BCUT2D eigenvalue weighted by molar-refractivity contribution is -0.122. The zero-order chi connectivity index (χ0) is 22.9. The van der Waals surface area contributed by atoms with E-state index in [-0.39, 0.29) is 36.0 Å². The maximum Gasteiger partial charge on any atom is 0.239 e. The Hall–Kier alpha value is -2.71. The molecule has 172 valence electrons.